The summed E-state index contributed by atoms with van der Waals surface area (Å²) in [6.45, 7) is 14.8. The average molecular weight is 251 g/mol. The number of hydrogen-bond donors (Lipinski definition) is 1. The van der Waals surface area contributed by atoms with E-state index >= 15 is 0 Å². The minimum atomic E-state index is 0.230. The Bertz CT molecular complexity index is 256. The minimum absolute atomic E-state index is 0.230. The van der Waals surface area contributed by atoms with Gasteiger partial charge in [-0.1, -0.05) is 32.9 Å². The molecule has 1 nitrogen and oxygen atoms in total. The predicted molar refractivity (Wildman–Crippen MR) is 81.8 cm³/mol. The monoisotopic (exact) mass is 251 g/mol. The van der Waals surface area contributed by atoms with Crippen LogP contribution in [0.1, 0.15) is 67.2 Å². The van der Waals surface area contributed by atoms with Gasteiger partial charge in [-0.25, -0.2) is 0 Å². The molecule has 0 aromatic carbocycles. The van der Waals surface area contributed by atoms with Crippen molar-refractivity contribution in [3.63, 3.8) is 0 Å². The number of rotatable bonds is 3. The molecule has 1 saturated carbocycles. The number of hydrogen-bond acceptors (Lipinski definition) is 1. The normalized spacial score (nSPS) is 26.8. The molecule has 0 spiro atoms. The van der Waals surface area contributed by atoms with Crippen molar-refractivity contribution in [3.05, 3.63) is 12.2 Å². The summed E-state index contributed by atoms with van der Waals surface area (Å²) in [6, 6.07) is 0. The molecule has 0 unspecified atom stereocenters. The summed E-state index contributed by atoms with van der Waals surface area (Å²) in [5.74, 6) is 1.75. The number of nitrogens with one attached hydrogen (secondary N) is 1. The van der Waals surface area contributed by atoms with E-state index in [-0.39, 0.29) is 5.54 Å². The first-order chi connectivity index (χ1) is 8.18. The van der Waals surface area contributed by atoms with Crippen molar-refractivity contribution in [3.8, 4) is 0 Å². The molecule has 0 aromatic rings. The highest BCUT2D eigenvalue weighted by molar-refractivity contribution is 4.94. The van der Waals surface area contributed by atoms with Crippen LogP contribution in [-0.4, -0.2) is 12.1 Å². The van der Waals surface area contributed by atoms with Crippen LogP contribution in [0.4, 0.5) is 0 Å². The van der Waals surface area contributed by atoms with E-state index in [1.54, 1.807) is 0 Å². The highest BCUT2D eigenvalue weighted by atomic mass is 14.9. The van der Waals surface area contributed by atoms with E-state index in [9.17, 15) is 0 Å². The van der Waals surface area contributed by atoms with Crippen LogP contribution in [0.3, 0.4) is 0 Å². The van der Waals surface area contributed by atoms with Gasteiger partial charge < -0.3 is 5.32 Å². The second kappa shape index (κ2) is 6.23. The van der Waals surface area contributed by atoms with Gasteiger partial charge in [-0.2, -0.15) is 0 Å². The van der Waals surface area contributed by atoms with E-state index in [4.69, 9.17) is 0 Å². The van der Waals surface area contributed by atoms with E-state index in [2.05, 4.69) is 59.0 Å². The Morgan fingerprint density at radius 1 is 0.944 bits per heavy atom. The van der Waals surface area contributed by atoms with Crippen molar-refractivity contribution in [2.75, 3.05) is 6.54 Å². The molecule has 0 radical (unpaired) electrons. The maximum absolute atomic E-state index is 3.51. The van der Waals surface area contributed by atoms with Gasteiger partial charge in [0.15, 0.2) is 0 Å². The van der Waals surface area contributed by atoms with Gasteiger partial charge in [-0.05, 0) is 63.7 Å². The van der Waals surface area contributed by atoms with Gasteiger partial charge in [-0.15, -0.1) is 0 Å². The summed E-state index contributed by atoms with van der Waals surface area (Å²) >= 11 is 0. The summed E-state index contributed by atoms with van der Waals surface area (Å²) in [4.78, 5) is 0. The van der Waals surface area contributed by atoms with Crippen LogP contribution < -0.4 is 5.32 Å². The zero-order valence-corrected chi connectivity index (χ0v) is 13.3. The second-order valence-electron chi connectivity index (χ2n) is 8.04. The Morgan fingerprint density at radius 3 is 1.94 bits per heavy atom. The SMILES string of the molecule is CC(C)(C)NC/C=C/C1CCC(C(C)(C)C)CC1. The Labute approximate surface area is 114 Å². The molecule has 0 aliphatic heterocycles. The van der Waals surface area contributed by atoms with Crippen LogP contribution in [0.25, 0.3) is 0 Å². The highest BCUT2D eigenvalue weighted by Crippen LogP contribution is 2.39. The van der Waals surface area contributed by atoms with Gasteiger partial charge in [0.05, 0.1) is 0 Å². The summed E-state index contributed by atoms with van der Waals surface area (Å²) < 4.78 is 0. The molecule has 1 aliphatic rings. The Hall–Kier alpha value is -0.300. The molecule has 1 N–H and O–H groups in total. The fraction of sp³-hybridized carbons (Fsp3) is 0.882. The summed E-state index contributed by atoms with van der Waals surface area (Å²) in [7, 11) is 0. The molecule has 1 heteroatoms. The van der Waals surface area contributed by atoms with E-state index in [0.29, 0.717) is 5.41 Å². The van der Waals surface area contributed by atoms with E-state index in [1.807, 2.05) is 0 Å². The van der Waals surface area contributed by atoms with Gasteiger partial charge in [0, 0.05) is 12.1 Å². The van der Waals surface area contributed by atoms with Gasteiger partial charge in [0.2, 0.25) is 0 Å². The summed E-state index contributed by atoms with van der Waals surface area (Å²) in [5, 5.41) is 3.51. The van der Waals surface area contributed by atoms with E-state index < -0.39 is 0 Å². The topological polar surface area (TPSA) is 12.0 Å². The lowest BCUT2D eigenvalue weighted by Gasteiger charge is -2.36. The Kier molecular flexibility index (Phi) is 5.46. The fourth-order valence-corrected chi connectivity index (χ4v) is 2.80. The molecule has 1 aliphatic carbocycles. The molecular formula is C17H33N. The van der Waals surface area contributed by atoms with Crippen molar-refractivity contribution < 1.29 is 0 Å². The third-order valence-electron chi connectivity index (χ3n) is 4.16. The zero-order valence-electron chi connectivity index (χ0n) is 13.3. The quantitative estimate of drug-likeness (QED) is 0.712. The van der Waals surface area contributed by atoms with Crippen molar-refractivity contribution in [2.45, 2.75) is 72.8 Å². The lowest BCUT2D eigenvalue weighted by atomic mass is 9.70. The first-order valence-corrected chi connectivity index (χ1v) is 7.60. The molecule has 1 rings (SSSR count). The molecule has 0 heterocycles. The maximum Gasteiger partial charge on any atom is 0.0139 e. The predicted octanol–water partition coefficient (Wildman–Crippen LogP) is 4.78. The molecule has 1 fully saturated rings. The third kappa shape index (κ3) is 6.04. The minimum Gasteiger partial charge on any atom is -0.309 e. The largest absolute Gasteiger partial charge is 0.309 e. The van der Waals surface area contributed by atoms with Crippen LogP contribution in [0.2, 0.25) is 0 Å². The second-order valence-corrected chi connectivity index (χ2v) is 8.04. The molecule has 0 aromatic heterocycles. The smallest absolute Gasteiger partial charge is 0.0139 e. The average Bonchev–Trinajstić information content (AvgIpc) is 2.22. The van der Waals surface area contributed by atoms with Crippen molar-refractivity contribution in [1.82, 2.24) is 5.32 Å². The van der Waals surface area contributed by atoms with E-state index in [0.717, 1.165) is 18.4 Å². The first kappa shape index (κ1) is 15.8. The highest BCUT2D eigenvalue weighted by Gasteiger charge is 2.28. The lowest BCUT2D eigenvalue weighted by Crippen LogP contribution is -2.35. The van der Waals surface area contributed by atoms with Gasteiger partial charge in [0.25, 0.3) is 0 Å². The van der Waals surface area contributed by atoms with Gasteiger partial charge in [0.1, 0.15) is 0 Å². The van der Waals surface area contributed by atoms with Crippen molar-refractivity contribution in [2.24, 2.45) is 17.3 Å². The van der Waals surface area contributed by atoms with Crippen molar-refractivity contribution in [1.29, 1.82) is 0 Å². The molecule has 0 atom stereocenters. The first-order valence-electron chi connectivity index (χ1n) is 7.60. The number of allylic oxidation sites excluding steroid dienone is 1. The fourth-order valence-electron chi connectivity index (χ4n) is 2.80. The van der Waals surface area contributed by atoms with Gasteiger partial charge >= 0.3 is 0 Å². The van der Waals surface area contributed by atoms with Crippen LogP contribution in [0, 0.1) is 17.3 Å². The molecule has 18 heavy (non-hydrogen) atoms. The van der Waals surface area contributed by atoms with Gasteiger partial charge in [-0.3, -0.25) is 0 Å². The standard InChI is InChI=1S/C17H33N/c1-16(2,3)15-11-9-14(10-12-15)8-7-13-18-17(4,5)6/h7-8,14-15,18H,9-13H2,1-6H3/b8-7+. The maximum atomic E-state index is 3.51. The van der Waals surface area contributed by atoms with Crippen LogP contribution in [0.5, 0.6) is 0 Å². The Balaban J connectivity index is 2.25. The third-order valence-corrected chi connectivity index (χ3v) is 4.16. The Morgan fingerprint density at radius 2 is 1.50 bits per heavy atom. The van der Waals surface area contributed by atoms with E-state index in [1.165, 1.54) is 25.7 Å². The van der Waals surface area contributed by atoms with Crippen LogP contribution >= 0.6 is 0 Å². The summed E-state index contributed by atoms with van der Waals surface area (Å²) in [6.07, 6.45) is 10.4. The van der Waals surface area contributed by atoms with Crippen molar-refractivity contribution >= 4 is 0 Å². The molecular weight excluding hydrogens is 218 g/mol. The summed E-state index contributed by atoms with van der Waals surface area (Å²) in [5.41, 5.74) is 0.733. The van der Waals surface area contributed by atoms with Crippen LogP contribution in [0.15, 0.2) is 12.2 Å². The zero-order chi connectivity index (χ0) is 13.8. The molecule has 0 saturated heterocycles. The lowest BCUT2D eigenvalue weighted by molar-refractivity contribution is 0.163. The molecule has 106 valence electrons. The molecule has 0 amide bonds. The van der Waals surface area contributed by atoms with Crippen LogP contribution in [-0.2, 0) is 0 Å². The molecule has 0 bridgehead atoms.